The Bertz CT molecular complexity index is 614. The Labute approximate surface area is 131 Å². The van der Waals surface area contributed by atoms with Crippen LogP contribution in [0.1, 0.15) is 23.9 Å². The van der Waals surface area contributed by atoms with Crippen LogP contribution in [0.5, 0.6) is 0 Å². The first-order chi connectivity index (χ1) is 10.1. The van der Waals surface area contributed by atoms with Crippen molar-refractivity contribution < 1.29 is 0 Å². The molecule has 112 valence electrons. The van der Waals surface area contributed by atoms with E-state index < -0.39 is 0 Å². The van der Waals surface area contributed by atoms with Gasteiger partial charge in [-0.3, -0.25) is 4.68 Å². The summed E-state index contributed by atoms with van der Waals surface area (Å²) in [5, 5.41) is 8.82. The van der Waals surface area contributed by atoms with Crippen molar-refractivity contribution in [2.45, 2.75) is 33.2 Å². The monoisotopic (exact) mass is 303 g/mol. The van der Waals surface area contributed by atoms with Gasteiger partial charge in [0.25, 0.3) is 0 Å². The Morgan fingerprint density at radius 1 is 1.24 bits per heavy atom. The van der Waals surface area contributed by atoms with E-state index in [1.807, 2.05) is 6.92 Å². The highest BCUT2D eigenvalue weighted by Gasteiger charge is 2.38. The van der Waals surface area contributed by atoms with Crippen LogP contribution in [0.3, 0.4) is 0 Å². The minimum atomic E-state index is 0.268. The Morgan fingerprint density at radius 3 is 2.52 bits per heavy atom. The lowest BCUT2D eigenvalue weighted by Crippen LogP contribution is -2.56. The summed E-state index contributed by atoms with van der Waals surface area (Å²) < 4.78 is 2.06. The molecule has 0 aliphatic carbocycles. The molecule has 0 amide bonds. The molecule has 1 N–H and O–H groups in total. The van der Waals surface area contributed by atoms with E-state index in [0.717, 1.165) is 43.2 Å². The minimum Gasteiger partial charge on any atom is -0.315 e. The summed E-state index contributed by atoms with van der Waals surface area (Å²) in [5.74, 6) is 0. The molecular weight excluding hydrogens is 282 g/mol. The van der Waals surface area contributed by atoms with Crippen molar-refractivity contribution in [2.24, 2.45) is 5.41 Å². The first-order valence-electron chi connectivity index (χ1n) is 7.60. The molecule has 2 aromatic rings. The van der Waals surface area contributed by atoms with Gasteiger partial charge in [-0.2, -0.15) is 5.10 Å². The van der Waals surface area contributed by atoms with E-state index in [4.69, 9.17) is 11.6 Å². The van der Waals surface area contributed by atoms with Crippen molar-refractivity contribution in [3.63, 3.8) is 0 Å². The molecule has 0 atom stereocenters. The number of benzene rings is 1. The highest BCUT2D eigenvalue weighted by Crippen LogP contribution is 2.35. The molecule has 3 rings (SSSR count). The number of aromatic nitrogens is 2. The Balaban J connectivity index is 1.84. The van der Waals surface area contributed by atoms with Crippen molar-refractivity contribution in [3.8, 4) is 0 Å². The summed E-state index contributed by atoms with van der Waals surface area (Å²) in [5.41, 5.74) is 3.80. The molecule has 1 aliphatic rings. The number of hydrogen-bond acceptors (Lipinski definition) is 2. The van der Waals surface area contributed by atoms with E-state index in [1.165, 1.54) is 11.3 Å². The van der Waals surface area contributed by atoms with E-state index in [-0.39, 0.29) is 5.41 Å². The number of nitrogens with one attached hydrogen (secondary N) is 1. The number of aryl methyl sites for hydroxylation is 2. The summed E-state index contributed by atoms with van der Waals surface area (Å²) >= 11 is 6.48. The van der Waals surface area contributed by atoms with Gasteiger partial charge >= 0.3 is 0 Å². The third-order valence-electron chi connectivity index (χ3n) is 4.42. The number of halogens is 1. The topological polar surface area (TPSA) is 29.9 Å². The highest BCUT2D eigenvalue weighted by atomic mass is 35.5. The molecule has 0 spiro atoms. The summed E-state index contributed by atoms with van der Waals surface area (Å²) in [6.07, 6.45) is 2.08. The predicted molar refractivity (Wildman–Crippen MR) is 86.8 cm³/mol. The molecule has 21 heavy (non-hydrogen) atoms. The van der Waals surface area contributed by atoms with Gasteiger partial charge in [-0.1, -0.05) is 41.9 Å². The van der Waals surface area contributed by atoms with Crippen molar-refractivity contribution in [3.05, 3.63) is 52.3 Å². The molecule has 0 bridgehead atoms. The Kier molecular flexibility index (Phi) is 4.05. The fourth-order valence-corrected chi connectivity index (χ4v) is 3.42. The average molecular weight is 304 g/mol. The lowest BCUT2D eigenvalue weighted by Gasteiger charge is -2.43. The highest BCUT2D eigenvalue weighted by molar-refractivity contribution is 6.31. The van der Waals surface area contributed by atoms with E-state index in [9.17, 15) is 0 Å². The summed E-state index contributed by atoms with van der Waals surface area (Å²) in [4.78, 5) is 0. The van der Waals surface area contributed by atoms with Crippen LogP contribution in [-0.2, 0) is 19.4 Å². The first-order valence-corrected chi connectivity index (χ1v) is 7.98. The van der Waals surface area contributed by atoms with Crippen LogP contribution in [0.4, 0.5) is 0 Å². The Hall–Kier alpha value is -1.32. The summed E-state index contributed by atoms with van der Waals surface area (Å²) in [6, 6.07) is 10.7. The van der Waals surface area contributed by atoms with Crippen LogP contribution in [-0.4, -0.2) is 22.9 Å². The van der Waals surface area contributed by atoms with Gasteiger partial charge in [0.1, 0.15) is 0 Å². The van der Waals surface area contributed by atoms with Crippen LogP contribution in [0, 0.1) is 12.3 Å². The number of hydrogen-bond donors (Lipinski definition) is 1. The molecule has 1 fully saturated rings. The normalized spacial score (nSPS) is 16.7. The minimum absolute atomic E-state index is 0.268. The fourth-order valence-electron chi connectivity index (χ4n) is 3.21. The zero-order chi connectivity index (χ0) is 14.9. The lowest BCUT2D eigenvalue weighted by molar-refractivity contribution is 0.162. The second-order valence-corrected chi connectivity index (χ2v) is 6.48. The lowest BCUT2D eigenvalue weighted by atomic mass is 9.73. The van der Waals surface area contributed by atoms with E-state index in [0.29, 0.717) is 0 Å². The standard InChI is InChI=1S/C17H22ClN3/c1-3-21-15(16(18)13(2)20-21)10-17(11-19-12-17)9-14-7-5-4-6-8-14/h4-8,19H,3,9-12H2,1-2H3. The quantitative estimate of drug-likeness (QED) is 0.919. The van der Waals surface area contributed by atoms with Gasteiger partial charge in [-0.25, -0.2) is 0 Å². The van der Waals surface area contributed by atoms with Crippen LogP contribution in [0.25, 0.3) is 0 Å². The van der Waals surface area contributed by atoms with Gasteiger partial charge in [-0.05, 0) is 32.3 Å². The van der Waals surface area contributed by atoms with Crippen molar-refractivity contribution in [2.75, 3.05) is 13.1 Å². The van der Waals surface area contributed by atoms with Crippen LogP contribution >= 0.6 is 11.6 Å². The van der Waals surface area contributed by atoms with Crippen LogP contribution in [0.15, 0.2) is 30.3 Å². The fraction of sp³-hybridized carbons (Fsp3) is 0.471. The molecule has 1 aromatic carbocycles. The first kappa shape index (κ1) is 14.6. The van der Waals surface area contributed by atoms with E-state index in [1.54, 1.807) is 0 Å². The van der Waals surface area contributed by atoms with Crippen molar-refractivity contribution in [1.29, 1.82) is 0 Å². The molecular formula is C17H22ClN3. The average Bonchev–Trinajstić information content (AvgIpc) is 2.73. The molecule has 0 radical (unpaired) electrons. The SMILES string of the molecule is CCn1nc(C)c(Cl)c1CC1(Cc2ccccc2)CNC1. The van der Waals surface area contributed by atoms with Gasteiger partial charge in [0.05, 0.1) is 16.4 Å². The predicted octanol–water partition coefficient (Wildman–Crippen LogP) is 3.24. The smallest absolute Gasteiger partial charge is 0.0847 e. The molecule has 0 saturated carbocycles. The Morgan fingerprint density at radius 2 is 1.95 bits per heavy atom. The second kappa shape index (κ2) is 5.82. The van der Waals surface area contributed by atoms with Crippen molar-refractivity contribution >= 4 is 11.6 Å². The van der Waals surface area contributed by atoms with Crippen molar-refractivity contribution in [1.82, 2.24) is 15.1 Å². The molecule has 1 aliphatic heterocycles. The zero-order valence-corrected chi connectivity index (χ0v) is 13.5. The number of rotatable bonds is 5. The molecule has 4 heteroatoms. The maximum atomic E-state index is 6.48. The maximum absolute atomic E-state index is 6.48. The second-order valence-electron chi connectivity index (χ2n) is 6.10. The zero-order valence-electron chi connectivity index (χ0n) is 12.7. The van der Waals surface area contributed by atoms with Gasteiger partial charge in [0, 0.05) is 25.0 Å². The van der Waals surface area contributed by atoms with Crippen LogP contribution in [0.2, 0.25) is 5.02 Å². The molecule has 2 heterocycles. The molecule has 1 aromatic heterocycles. The largest absolute Gasteiger partial charge is 0.315 e. The van der Waals surface area contributed by atoms with Crippen LogP contribution < -0.4 is 5.32 Å². The summed E-state index contributed by atoms with van der Waals surface area (Å²) in [7, 11) is 0. The third kappa shape index (κ3) is 2.85. The van der Waals surface area contributed by atoms with Gasteiger partial charge in [0.2, 0.25) is 0 Å². The molecule has 0 unspecified atom stereocenters. The molecule has 3 nitrogen and oxygen atoms in total. The number of nitrogens with zero attached hydrogens (tertiary/aromatic N) is 2. The van der Waals surface area contributed by atoms with Gasteiger partial charge in [-0.15, -0.1) is 0 Å². The maximum Gasteiger partial charge on any atom is 0.0847 e. The summed E-state index contributed by atoms with van der Waals surface area (Å²) in [6.45, 7) is 7.08. The van der Waals surface area contributed by atoms with Gasteiger partial charge < -0.3 is 5.32 Å². The van der Waals surface area contributed by atoms with E-state index >= 15 is 0 Å². The third-order valence-corrected chi connectivity index (χ3v) is 4.91. The molecule has 1 saturated heterocycles. The van der Waals surface area contributed by atoms with Gasteiger partial charge in [0.15, 0.2) is 0 Å². The van der Waals surface area contributed by atoms with E-state index in [2.05, 4.69) is 52.4 Å².